The molecule has 0 aliphatic heterocycles. The van der Waals surface area contributed by atoms with Gasteiger partial charge in [0.2, 0.25) is 0 Å². The van der Waals surface area contributed by atoms with E-state index < -0.39 is 23.3 Å². The van der Waals surface area contributed by atoms with E-state index in [1.54, 1.807) is 23.6 Å². The summed E-state index contributed by atoms with van der Waals surface area (Å²) in [5, 5.41) is 0. The number of carbonyl (C=O) groups excluding carboxylic acids is 1. The zero-order valence-electron chi connectivity index (χ0n) is 17.4. The highest BCUT2D eigenvalue weighted by molar-refractivity contribution is 5.75. The van der Waals surface area contributed by atoms with Crippen LogP contribution in [0.25, 0.3) is 11.2 Å². The Hall–Kier alpha value is -3.36. The van der Waals surface area contributed by atoms with Gasteiger partial charge in [-0.3, -0.25) is 14.3 Å². The summed E-state index contributed by atoms with van der Waals surface area (Å²) in [4.78, 5) is 43.8. The topological polar surface area (TPSA) is 108 Å². The third-order valence-electron chi connectivity index (χ3n) is 4.75. The highest BCUT2D eigenvalue weighted by Gasteiger charge is 2.21. The second-order valence-corrected chi connectivity index (χ2v) is 6.89. The molecule has 0 unspecified atom stereocenters. The molecule has 0 bridgehead atoms. The number of aromatic amines is 1. The standard InChI is InChI=1S/C21H26N4O5/c1-4-6-12-25-18-17(19(26)23-21(25)28)24(5-2)16(22-18)13-29-20(27)14(3)30-15-10-8-7-9-11-15/h7-11,14H,4-6,12-13H2,1-3H3,(H,23,26,28)/t14-/m1/s1. The molecular formula is C21H26N4O5. The van der Waals surface area contributed by atoms with Crippen molar-refractivity contribution < 1.29 is 14.3 Å². The molecule has 0 spiro atoms. The Morgan fingerprint density at radius 3 is 2.57 bits per heavy atom. The number of fused-ring (bicyclic) bond motifs is 1. The molecular weight excluding hydrogens is 388 g/mol. The number of nitrogens with one attached hydrogen (secondary N) is 1. The Morgan fingerprint density at radius 2 is 1.90 bits per heavy atom. The number of rotatable bonds is 9. The number of unbranched alkanes of at least 4 members (excludes halogenated alkanes) is 1. The van der Waals surface area contributed by atoms with Crippen LogP contribution in [-0.2, 0) is 29.2 Å². The van der Waals surface area contributed by atoms with E-state index in [9.17, 15) is 14.4 Å². The molecule has 9 heteroatoms. The molecule has 0 saturated heterocycles. The zero-order chi connectivity index (χ0) is 21.7. The number of esters is 1. The smallest absolute Gasteiger partial charge is 0.347 e. The van der Waals surface area contributed by atoms with Gasteiger partial charge in [-0.2, -0.15) is 0 Å². The van der Waals surface area contributed by atoms with Gasteiger partial charge in [0.25, 0.3) is 5.56 Å². The molecule has 0 fully saturated rings. The summed E-state index contributed by atoms with van der Waals surface area (Å²) in [5.41, 5.74) is -0.392. The molecule has 160 valence electrons. The van der Waals surface area contributed by atoms with E-state index in [0.29, 0.717) is 35.8 Å². The Balaban J connectivity index is 1.83. The van der Waals surface area contributed by atoms with Crippen molar-refractivity contribution in [3.05, 3.63) is 57.0 Å². The average Bonchev–Trinajstić information content (AvgIpc) is 3.11. The van der Waals surface area contributed by atoms with Gasteiger partial charge in [0, 0.05) is 13.1 Å². The highest BCUT2D eigenvalue weighted by atomic mass is 16.6. The lowest BCUT2D eigenvalue weighted by Gasteiger charge is -2.14. The lowest BCUT2D eigenvalue weighted by molar-refractivity contribution is -0.152. The van der Waals surface area contributed by atoms with Crippen molar-refractivity contribution in [1.82, 2.24) is 19.1 Å². The average molecular weight is 414 g/mol. The van der Waals surface area contributed by atoms with Gasteiger partial charge in [0.15, 0.2) is 17.3 Å². The van der Waals surface area contributed by atoms with Crippen molar-refractivity contribution in [3.8, 4) is 5.75 Å². The number of imidazole rings is 1. The zero-order valence-corrected chi connectivity index (χ0v) is 17.4. The highest BCUT2D eigenvalue weighted by Crippen LogP contribution is 2.15. The minimum Gasteiger partial charge on any atom is -0.479 e. The molecule has 1 aromatic carbocycles. The Bertz CT molecular complexity index is 1130. The third kappa shape index (κ3) is 4.45. The number of benzene rings is 1. The number of ether oxygens (including phenoxy) is 2. The predicted molar refractivity (Wildman–Crippen MR) is 112 cm³/mol. The maximum Gasteiger partial charge on any atom is 0.347 e. The van der Waals surface area contributed by atoms with Gasteiger partial charge >= 0.3 is 11.7 Å². The summed E-state index contributed by atoms with van der Waals surface area (Å²) in [6.45, 7) is 6.23. The lowest BCUT2D eigenvalue weighted by atomic mass is 10.3. The quantitative estimate of drug-likeness (QED) is 0.538. The van der Waals surface area contributed by atoms with Crippen molar-refractivity contribution in [2.24, 2.45) is 0 Å². The molecule has 0 saturated carbocycles. The molecule has 3 rings (SSSR count). The number of aromatic nitrogens is 4. The normalized spacial score (nSPS) is 12.1. The third-order valence-corrected chi connectivity index (χ3v) is 4.75. The maximum absolute atomic E-state index is 12.4. The van der Waals surface area contributed by atoms with Crippen molar-refractivity contribution in [2.75, 3.05) is 0 Å². The van der Waals surface area contributed by atoms with Gasteiger partial charge in [-0.05, 0) is 32.4 Å². The van der Waals surface area contributed by atoms with Crippen LogP contribution >= 0.6 is 0 Å². The second kappa shape index (κ2) is 9.43. The first-order chi connectivity index (χ1) is 14.5. The van der Waals surface area contributed by atoms with Crippen molar-refractivity contribution in [1.29, 1.82) is 0 Å². The summed E-state index contributed by atoms with van der Waals surface area (Å²) >= 11 is 0. The van der Waals surface area contributed by atoms with Gasteiger partial charge in [0.05, 0.1) is 0 Å². The summed E-state index contributed by atoms with van der Waals surface area (Å²) in [6, 6.07) is 8.98. The first kappa shape index (κ1) is 21.4. The van der Waals surface area contributed by atoms with Crippen molar-refractivity contribution >= 4 is 17.1 Å². The summed E-state index contributed by atoms with van der Waals surface area (Å²) < 4.78 is 14.1. The van der Waals surface area contributed by atoms with Crippen LogP contribution in [0.15, 0.2) is 39.9 Å². The van der Waals surface area contributed by atoms with Crippen LogP contribution in [0.5, 0.6) is 5.75 Å². The Labute approximate surface area is 173 Å². The first-order valence-electron chi connectivity index (χ1n) is 10.1. The van der Waals surface area contributed by atoms with Crippen LogP contribution in [0.1, 0.15) is 39.4 Å². The number of para-hydroxylation sites is 1. The van der Waals surface area contributed by atoms with Crippen LogP contribution in [-0.4, -0.2) is 31.2 Å². The number of hydrogen-bond donors (Lipinski definition) is 1. The van der Waals surface area contributed by atoms with Gasteiger partial charge in [-0.15, -0.1) is 0 Å². The predicted octanol–water partition coefficient (Wildman–Crippen LogP) is 2.22. The summed E-state index contributed by atoms with van der Waals surface area (Å²) in [7, 11) is 0. The lowest BCUT2D eigenvalue weighted by Crippen LogP contribution is -2.31. The number of nitrogens with zero attached hydrogens (tertiary/aromatic N) is 3. The Kier molecular flexibility index (Phi) is 6.71. The van der Waals surface area contributed by atoms with Crippen LogP contribution in [0, 0.1) is 0 Å². The number of carbonyl (C=O) groups is 1. The Morgan fingerprint density at radius 1 is 1.17 bits per heavy atom. The van der Waals surface area contributed by atoms with E-state index in [1.807, 2.05) is 32.0 Å². The van der Waals surface area contributed by atoms with Gasteiger partial charge < -0.3 is 14.0 Å². The van der Waals surface area contributed by atoms with Crippen LogP contribution < -0.4 is 16.0 Å². The molecule has 1 N–H and O–H groups in total. The largest absolute Gasteiger partial charge is 0.479 e. The van der Waals surface area contributed by atoms with E-state index in [1.165, 1.54) is 4.57 Å². The molecule has 0 radical (unpaired) electrons. The molecule has 9 nitrogen and oxygen atoms in total. The van der Waals surface area contributed by atoms with Crippen LogP contribution in [0.2, 0.25) is 0 Å². The molecule has 1 atom stereocenters. The van der Waals surface area contributed by atoms with E-state index >= 15 is 0 Å². The fourth-order valence-electron chi connectivity index (χ4n) is 3.20. The molecule has 2 heterocycles. The maximum atomic E-state index is 12.4. The van der Waals surface area contributed by atoms with Gasteiger partial charge in [-0.25, -0.2) is 14.6 Å². The van der Waals surface area contributed by atoms with E-state index in [4.69, 9.17) is 9.47 Å². The van der Waals surface area contributed by atoms with E-state index in [2.05, 4.69) is 9.97 Å². The molecule has 0 amide bonds. The summed E-state index contributed by atoms with van der Waals surface area (Å²) in [6.07, 6.45) is 0.863. The van der Waals surface area contributed by atoms with E-state index in [-0.39, 0.29) is 6.61 Å². The SMILES string of the molecule is CCCCn1c(=O)[nH]c(=O)c2c1nc(COC(=O)[C@@H](C)Oc1ccccc1)n2CC. The molecule has 2 aromatic heterocycles. The minimum absolute atomic E-state index is 0.134. The van der Waals surface area contributed by atoms with Gasteiger partial charge in [-0.1, -0.05) is 31.5 Å². The second-order valence-electron chi connectivity index (χ2n) is 6.89. The van der Waals surface area contributed by atoms with Crippen molar-refractivity contribution in [2.45, 2.75) is 59.4 Å². The summed E-state index contributed by atoms with van der Waals surface area (Å²) in [5.74, 6) is 0.411. The molecule has 0 aliphatic carbocycles. The fraction of sp³-hybridized carbons (Fsp3) is 0.429. The number of H-pyrrole nitrogens is 1. The molecule has 30 heavy (non-hydrogen) atoms. The molecule has 3 aromatic rings. The van der Waals surface area contributed by atoms with E-state index in [0.717, 1.165) is 12.8 Å². The fourth-order valence-corrected chi connectivity index (χ4v) is 3.20. The van der Waals surface area contributed by atoms with Crippen LogP contribution in [0.4, 0.5) is 0 Å². The monoisotopic (exact) mass is 414 g/mol. The number of hydrogen-bond acceptors (Lipinski definition) is 6. The molecule has 0 aliphatic rings. The van der Waals surface area contributed by atoms with Crippen molar-refractivity contribution in [3.63, 3.8) is 0 Å². The van der Waals surface area contributed by atoms with Crippen LogP contribution in [0.3, 0.4) is 0 Å². The minimum atomic E-state index is -0.807. The number of aryl methyl sites for hydroxylation is 2. The van der Waals surface area contributed by atoms with Gasteiger partial charge in [0.1, 0.15) is 18.2 Å². The first-order valence-corrected chi connectivity index (χ1v) is 10.1.